The van der Waals surface area contributed by atoms with Gasteiger partial charge in [0, 0.05) is 11.9 Å². The van der Waals surface area contributed by atoms with Crippen LogP contribution in [0, 0.1) is 17.8 Å². The van der Waals surface area contributed by atoms with Crippen molar-refractivity contribution in [2.45, 2.75) is 45.8 Å². The lowest BCUT2D eigenvalue weighted by Crippen LogP contribution is -2.26. The molecule has 0 aromatic heterocycles. The molecule has 0 aliphatic carbocycles. The normalized spacial score (nSPS) is 18.7. The van der Waals surface area contributed by atoms with E-state index in [2.05, 4.69) is 40.3 Å². The molecule has 80 valence electrons. The lowest BCUT2D eigenvalue weighted by molar-refractivity contribution is 0.157. The first-order chi connectivity index (χ1) is 6.02. The van der Waals surface area contributed by atoms with Gasteiger partial charge in [-0.25, -0.2) is 0 Å². The Kier molecular flexibility index (Phi) is 6.88. The fourth-order valence-electron chi connectivity index (χ4n) is 1.95. The third-order valence-corrected chi connectivity index (χ3v) is 3.12. The van der Waals surface area contributed by atoms with E-state index in [9.17, 15) is 5.11 Å². The van der Waals surface area contributed by atoms with Crippen LogP contribution in [0.5, 0.6) is 0 Å². The molecule has 2 heteroatoms. The molecule has 1 nitrogen and oxygen atoms in total. The molecular formula is C11H24OS. The maximum atomic E-state index is 9.26. The highest BCUT2D eigenvalue weighted by Gasteiger charge is 2.23. The van der Waals surface area contributed by atoms with Crippen LogP contribution in [0.25, 0.3) is 0 Å². The van der Waals surface area contributed by atoms with Gasteiger partial charge in [-0.1, -0.05) is 34.1 Å². The Hall–Kier alpha value is 0.310. The van der Waals surface area contributed by atoms with Gasteiger partial charge in [0.25, 0.3) is 0 Å². The summed E-state index contributed by atoms with van der Waals surface area (Å²) in [6.45, 7) is 9.02. The lowest BCUT2D eigenvalue weighted by Gasteiger charge is -2.28. The van der Waals surface area contributed by atoms with E-state index in [-0.39, 0.29) is 6.61 Å². The van der Waals surface area contributed by atoms with E-state index in [4.69, 9.17) is 0 Å². The molecule has 0 aromatic rings. The Balaban J connectivity index is 4.16. The molecule has 0 radical (unpaired) electrons. The van der Waals surface area contributed by atoms with Crippen LogP contribution < -0.4 is 0 Å². The maximum absolute atomic E-state index is 9.26. The van der Waals surface area contributed by atoms with Gasteiger partial charge >= 0.3 is 0 Å². The summed E-state index contributed by atoms with van der Waals surface area (Å²) in [6, 6.07) is 0. The van der Waals surface area contributed by atoms with Gasteiger partial charge in [-0.05, 0) is 24.2 Å². The van der Waals surface area contributed by atoms with E-state index >= 15 is 0 Å². The SMILES string of the molecule is CCC(CC(C)C)C(CO)C(C)S. The van der Waals surface area contributed by atoms with Gasteiger partial charge in [-0.15, -0.1) is 0 Å². The van der Waals surface area contributed by atoms with Crippen molar-refractivity contribution in [2.24, 2.45) is 17.8 Å². The van der Waals surface area contributed by atoms with Crippen molar-refractivity contribution in [3.63, 3.8) is 0 Å². The number of aliphatic hydroxyl groups excluding tert-OH is 1. The highest BCUT2D eigenvalue weighted by molar-refractivity contribution is 7.80. The zero-order valence-corrected chi connectivity index (χ0v) is 10.2. The quantitative estimate of drug-likeness (QED) is 0.637. The molecule has 0 bridgehead atoms. The fourth-order valence-corrected chi connectivity index (χ4v) is 2.28. The second-order valence-electron chi connectivity index (χ2n) is 4.38. The van der Waals surface area contributed by atoms with Crippen LogP contribution >= 0.6 is 12.6 Å². The van der Waals surface area contributed by atoms with E-state index in [1.165, 1.54) is 6.42 Å². The fraction of sp³-hybridized carbons (Fsp3) is 1.00. The van der Waals surface area contributed by atoms with E-state index in [1.807, 2.05) is 0 Å². The maximum Gasteiger partial charge on any atom is 0.0472 e. The molecule has 13 heavy (non-hydrogen) atoms. The molecule has 3 unspecified atom stereocenters. The minimum Gasteiger partial charge on any atom is -0.396 e. The summed E-state index contributed by atoms with van der Waals surface area (Å²) < 4.78 is 0. The molecule has 0 saturated carbocycles. The molecule has 0 rings (SSSR count). The molecule has 3 atom stereocenters. The summed E-state index contributed by atoms with van der Waals surface area (Å²) >= 11 is 4.43. The Morgan fingerprint density at radius 1 is 1.23 bits per heavy atom. The number of thiol groups is 1. The van der Waals surface area contributed by atoms with Crippen LogP contribution in [0.3, 0.4) is 0 Å². The van der Waals surface area contributed by atoms with Crippen LogP contribution in [-0.2, 0) is 0 Å². The van der Waals surface area contributed by atoms with Gasteiger partial charge in [0.1, 0.15) is 0 Å². The van der Waals surface area contributed by atoms with Crippen molar-refractivity contribution >= 4 is 12.6 Å². The molecule has 0 saturated heterocycles. The first kappa shape index (κ1) is 13.3. The number of hydrogen-bond donors (Lipinski definition) is 2. The molecule has 0 aliphatic heterocycles. The van der Waals surface area contributed by atoms with E-state index < -0.39 is 0 Å². The van der Waals surface area contributed by atoms with Crippen molar-refractivity contribution in [1.82, 2.24) is 0 Å². The largest absolute Gasteiger partial charge is 0.396 e. The van der Waals surface area contributed by atoms with E-state index in [0.29, 0.717) is 23.0 Å². The second kappa shape index (κ2) is 6.72. The second-order valence-corrected chi connectivity index (χ2v) is 5.20. The summed E-state index contributed by atoms with van der Waals surface area (Å²) in [7, 11) is 0. The Morgan fingerprint density at radius 3 is 2.00 bits per heavy atom. The number of aliphatic hydroxyl groups is 1. The topological polar surface area (TPSA) is 20.2 Å². The summed E-state index contributed by atoms with van der Waals surface area (Å²) in [4.78, 5) is 0. The van der Waals surface area contributed by atoms with Crippen molar-refractivity contribution in [3.8, 4) is 0 Å². The molecule has 0 fully saturated rings. The number of hydrogen-bond acceptors (Lipinski definition) is 2. The van der Waals surface area contributed by atoms with Crippen molar-refractivity contribution in [2.75, 3.05) is 6.61 Å². The minimum atomic E-state index is 0.274. The molecule has 0 aliphatic rings. The monoisotopic (exact) mass is 204 g/mol. The zero-order chi connectivity index (χ0) is 10.4. The van der Waals surface area contributed by atoms with Gasteiger partial charge in [0.2, 0.25) is 0 Å². The molecular weight excluding hydrogens is 180 g/mol. The van der Waals surface area contributed by atoms with Crippen LogP contribution in [0.2, 0.25) is 0 Å². The first-order valence-electron chi connectivity index (χ1n) is 5.31. The standard InChI is InChI=1S/C11H24OS/c1-5-10(6-8(2)3)11(7-12)9(4)13/h8-13H,5-7H2,1-4H3. The zero-order valence-electron chi connectivity index (χ0n) is 9.33. The van der Waals surface area contributed by atoms with Crippen LogP contribution in [0.1, 0.15) is 40.5 Å². The summed E-state index contributed by atoms with van der Waals surface area (Å²) in [5, 5.41) is 9.56. The third-order valence-electron chi connectivity index (χ3n) is 2.73. The van der Waals surface area contributed by atoms with Crippen LogP contribution in [-0.4, -0.2) is 17.0 Å². The average molecular weight is 204 g/mol. The van der Waals surface area contributed by atoms with Crippen LogP contribution in [0.15, 0.2) is 0 Å². The van der Waals surface area contributed by atoms with Gasteiger partial charge in [-0.3, -0.25) is 0 Å². The predicted molar refractivity (Wildman–Crippen MR) is 62.3 cm³/mol. The van der Waals surface area contributed by atoms with Crippen molar-refractivity contribution in [3.05, 3.63) is 0 Å². The highest BCUT2D eigenvalue weighted by atomic mass is 32.1. The third kappa shape index (κ3) is 4.92. The van der Waals surface area contributed by atoms with Gasteiger partial charge < -0.3 is 5.11 Å². The van der Waals surface area contributed by atoms with Crippen LogP contribution in [0.4, 0.5) is 0 Å². The minimum absolute atomic E-state index is 0.274. The highest BCUT2D eigenvalue weighted by Crippen LogP contribution is 2.28. The summed E-state index contributed by atoms with van der Waals surface area (Å²) in [6.07, 6.45) is 2.35. The summed E-state index contributed by atoms with van der Waals surface area (Å²) in [5.41, 5.74) is 0. The predicted octanol–water partition coefficient (Wildman–Crippen LogP) is 2.99. The van der Waals surface area contributed by atoms with Gasteiger partial charge in [0.15, 0.2) is 0 Å². The molecule has 0 heterocycles. The Morgan fingerprint density at radius 2 is 1.77 bits per heavy atom. The molecule has 1 N–H and O–H groups in total. The molecule has 0 aromatic carbocycles. The van der Waals surface area contributed by atoms with E-state index in [1.54, 1.807) is 0 Å². The van der Waals surface area contributed by atoms with Gasteiger partial charge in [0.05, 0.1) is 0 Å². The Bertz CT molecular complexity index is 123. The number of rotatable bonds is 6. The van der Waals surface area contributed by atoms with Crippen molar-refractivity contribution in [1.29, 1.82) is 0 Å². The average Bonchev–Trinajstić information content (AvgIpc) is 2.02. The Labute approximate surface area is 88.3 Å². The molecule has 0 amide bonds. The van der Waals surface area contributed by atoms with Crippen molar-refractivity contribution < 1.29 is 5.11 Å². The smallest absolute Gasteiger partial charge is 0.0472 e. The first-order valence-corrected chi connectivity index (χ1v) is 5.83. The van der Waals surface area contributed by atoms with E-state index in [0.717, 1.165) is 6.42 Å². The summed E-state index contributed by atoms with van der Waals surface area (Å²) in [5.74, 6) is 1.69. The lowest BCUT2D eigenvalue weighted by atomic mass is 9.82. The molecule has 0 spiro atoms. The van der Waals surface area contributed by atoms with Gasteiger partial charge in [-0.2, -0.15) is 12.6 Å².